The number of hydrogen-bond acceptors (Lipinski definition) is 6. The smallest absolute Gasteiger partial charge is 0.290 e. The number of carbonyl (C=O) groups is 3. The Morgan fingerprint density at radius 3 is 2.61 bits per heavy atom. The van der Waals surface area contributed by atoms with E-state index in [0.717, 1.165) is 30.3 Å². The molecule has 1 atom stereocenters. The van der Waals surface area contributed by atoms with Gasteiger partial charge in [0.05, 0.1) is 18.4 Å². The lowest BCUT2D eigenvalue weighted by molar-refractivity contribution is -0.122. The van der Waals surface area contributed by atoms with Crippen LogP contribution in [0.4, 0.5) is 5.69 Å². The second kappa shape index (κ2) is 10.1. The Morgan fingerprint density at radius 2 is 1.87 bits per heavy atom. The number of anilines is 1. The summed E-state index contributed by atoms with van der Waals surface area (Å²) in [5.41, 5.74) is 3.91. The minimum absolute atomic E-state index is 0.0722. The maximum atomic E-state index is 13.6. The number of oxazole rings is 1. The molecule has 1 unspecified atom stereocenters. The molecule has 1 aliphatic carbocycles. The van der Waals surface area contributed by atoms with Crippen LogP contribution in [0, 0.1) is 0 Å². The molecular formula is C30H27N3O5. The topological polar surface area (TPSA) is 96.9 Å². The molecule has 192 valence electrons. The number of furan rings is 1. The van der Waals surface area contributed by atoms with Gasteiger partial charge in [-0.15, -0.1) is 0 Å². The summed E-state index contributed by atoms with van der Waals surface area (Å²) in [6.07, 6.45) is 8.60. The van der Waals surface area contributed by atoms with Gasteiger partial charge >= 0.3 is 0 Å². The number of imide groups is 1. The number of para-hydroxylation sites is 2. The first-order valence-corrected chi connectivity index (χ1v) is 12.9. The highest BCUT2D eigenvalue weighted by Gasteiger charge is 2.44. The predicted octanol–water partition coefficient (Wildman–Crippen LogP) is 5.75. The van der Waals surface area contributed by atoms with E-state index in [1.807, 2.05) is 24.3 Å². The lowest BCUT2D eigenvalue weighted by Crippen LogP contribution is -2.46. The predicted molar refractivity (Wildman–Crippen MR) is 141 cm³/mol. The van der Waals surface area contributed by atoms with Crippen LogP contribution in [0.1, 0.15) is 49.1 Å². The van der Waals surface area contributed by atoms with Crippen LogP contribution in [0.2, 0.25) is 0 Å². The number of hydrogen-bond donors (Lipinski definition) is 0. The summed E-state index contributed by atoms with van der Waals surface area (Å²) in [6, 6.07) is 16.8. The molecule has 2 aromatic heterocycles. The molecule has 0 spiro atoms. The largest absolute Gasteiger partial charge is 0.459 e. The van der Waals surface area contributed by atoms with Crippen LogP contribution in [0.25, 0.3) is 22.6 Å². The first-order valence-electron chi connectivity index (χ1n) is 12.9. The van der Waals surface area contributed by atoms with Crippen molar-refractivity contribution in [1.82, 2.24) is 9.88 Å². The summed E-state index contributed by atoms with van der Waals surface area (Å²) in [7, 11) is 0. The van der Waals surface area contributed by atoms with E-state index in [9.17, 15) is 14.4 Å². The van der Waals surface area contributed by atoms with Gasteiger partial charge in [-0.05, 0) is 80.6 Å². The molecule has 8 heteroatoms. The number of carbonyl (C=O) groups excluding carboxylic acids is 3. The van der Waals surface area contributed by atoms with Crippen LogP contribution >= 0.6 is 0 Å². The monoisotopic (exact) mass is 509 g/mol. The maximum absolute atomic E-state index is 13.6. The van der Waals surface area contributed by atoms with E-state index < -0.39 is 11.9 Å². The van der Waals surface area contributed by atoms with Gasteiger partial charge in [-0.3, -0.25) is 14.4 Å². The highest BCUT2D eigenvalue weighted by molar-refractivity contribution is 6.23. The van der Waals surface area contributed by atoms with E-state index in [-0.39, 0.29) is 24.0 Å². The van der Waals surface area contributed by atoms with Gasteiger partial charge in [0.25, 0.3) is 11.8 Å². The number of aromatic nitrogens is 1. The molecule has 2 aromatic carbocycles. The van der Waals surface area contributed by atoms with Crippen molar-refractivity contribution in [1.29, 1.82) is 0 Å². The summed E-state index contributed by atoms with van der Waals surface area (Å²) in [5.74, 6) is -0.525. The molecule has 3 amide bonds. The maximum Gasteiger partial charge on any atom is 0.290 e. The molecule has 0 radical (unpaired) electrons. The number of amides is 3. The average Bonchev–Trinajstić information content (AvgIpc) is 3.69. The second-order valence-corrected chi connectivity index (χ2v) is 9.65. The molecule has 1 saturated heterocycles. The Hall–Kier alpha value is -4.46. The van der Waals surface area contributed by atoms with Crippen LogP contribution in [-0.2, 0) is 9.59 Å². The van der Waals surface area contributed by atoms with Crippen LogP contribution < -0.4 is 4.90 Å². The SMILES string of the molecule is O=C1CC(N(CCC2=CCCCC2)C(=O)c2ccco2)C(=O)N1c1ccc(-c2nc3ccccc3o2)cc1. The van der Waals surface area contributed by atoms with E-state index in [4.69, 9.17) is 8.83 Å². The highest BCUT2D eigenvalue weighted by Crippen LogP contribution is 2.31. The lowest BCUT2D eigenvalue weighted by Gasteiger charge is -2.27. The van der Waals surface area contributed by atoms with Gasteiger partial charge < -0.3 is 13.7 Å². The Kier molecular flexibility index (Phi) is 6.37. The standard InChI is InChI=1S/C30H27N3O5/c34-27-19-24(32(30(36)26-11-6-18-37-26)17-16-20-7-2-1-3-8-20)29(35)33(27)22-14-12-21(13-15-22)28-31-23-9-4-5-10-25(23)38-28/h4-7,9-15,18,24H,1-3,8,16-17,19H2. The minimum Gasteiger partial charge on any atom is -0.459 e. The van der Waals surface area contributed by atoms with Crippen molar-refractivity contribution in [3.8, 4) is 11.5 Å². The number of allylic oxidation sites excluding steroid dienone is 1. The molecule has 1 aliphatic heterocycles. The van der Waals surface area contributed by atoms with E-state index in [1.165, 1.54) is 28.1 Å². The van der Waals surface area contributed by atoms with Crippen LogP contribution in [0.3, 0.4) is 0 Å². The molecule has 38 heavy (non-hydrogen) atoms. The summed E-state index contributed by atoms with van der Waals surface area (Å²) in [6.45, 7) is 0.347. The summed E-state index contributed by atoms with van der Waals surface area (Å²) in [4.78, 5) is 47.2. The van der Waals surface area contributed by atoms with Crippen molar-refractivity contribution < 1.29 is 23.2 Å². The fourth-order valence-electron chi connectivity index (χ4n) is 5.22. The summed E-state index contributed by atoms with van der Waals surface area (Å²) >= 11 is 0. The zero-order valence-electron chi connectivity index (χ0n) is 20.8. The normalized spacial score (nSPS) is 17.7. The van der Waals surface area contributed by atoms with Crippen molar-refractivity contribution in [3.05, 3.63) is 84.3 Å². The molecule has 0 N–H and O–H groups in total. The number of fused-ring (bicyclic) bond motifs is 1. The molecule has 0 saturated carbocycles. The van der Waals surface area contributed by atoms with Crippen molar-refractivity contribution in [2.24, 2.45) is 0 Å². The molecule has 0 bridgehead atoms. The number of benzene rings is 2. The minimum atomic E-state index is -0.888. The quantitative estimate of drug-likeness (QED) is 0.232. The Bertz CT molecular complexity index is 1480. The molecular weight excluding hydrogens is 482 g/mol. The fourth-order valence-corrected chi connectivity index (χ4v) is 5.22. The fraction of sp³-hybridized carbons (Fsp3) is 0.267. The van der Waals surface area contributed by atoms with Crippen molar-refractivity contribution in [2.75, 3.05) is 11.4 Å². The molecule has 8 nitrogen and oxygen atoms in total. The molecule has 4 aromatic rings. The summed E-state index contributed by atoms with van der Waals surface area (Å²) < 4.78 is 11.2. The average molecular weight is 510 g/mol. The second-order valence-electron chi connectivity index (χ2n) is 9.65. The van der Waals surface area contributed by atoms with Gasteiger partial charge in [-0.2, -0.15) is 0 Å². The van der Waals surface area contributed by atoms with Crippen molar-refractivity contribution >= 4 is 34.5 Å². The summed E-state index contributed by atoms with van der Waals surface area (Å²) in [5, 5.41) is 0. The molecule has 6 rings (SSSR count). The molecule has 3 heterocycles. The Morgan fingerprint density at radius 1 is 1.03 bits per heavy atom. The lowest BCUT2D eigenvalue weighted by atomic mass is 9.97. The van der Waals surface area contributed by atoms with E-state index in [0.29, 0.717) is 30.1 Å². The zero-order valence-corrected chi connectivity index (χ0v) is 20.8. The molecule has 2 aliphatic rings. The first kappa shape index (κ1) is 23.9. The van der Waals surface area contributed by atoms with Crippen molar-refractivity contribution in [2.45, 2.75) is 44.6 Å². The van der Waals surface area contributed by atoms with E-state index in [1.54, 1.807) is 36.4 Å². The van der Waals surface area contributed by atoms with Crippen LogP contribution in [-0.4, -0.2) is 40.2 Å². The number of nitrogens with zero attached hydrogens (tertiary/aromatic N) is 3. The van der Waals surface area contributed by atoms with Gasteiger partial charge in [-0.25, -0.2) is 9.88 Å². The highest BCUT2D eigenvalue weighted by atomic mass is 16.3. The third-order valence-electron chi connectivity index (χ3n) is 7.22. The Balaban J connectivity index is 1.24. The van der Waals surface area contributed by atoms with Gasteiger partial charge in [0, 0.05) is 12.1 Å². The Labute approximate surface area is 219 Å². The third-order valence-corrected chi connectivity index (χ3v) is 7.22. The van der Waals surface area contributed by atoms with Crippen molar-refractivity contribution in [3.63, 3.8) is 0 Å². The van der Waals surface area contributed by atoms with Crippen LogP contribution in [0.5, 0.6) is 0 Å². The van der Waals surface area contributed by atoms with Gasteiger partial charge in [-0.1, -0.05) is 23.8 Å². The van der Waals surface area contributed by atoms with E-state index >= 15 is 0 Å². The first-order chi connectivity index (χ1) is 18.6. The van der Waals surface area contributed by atoms with Gasteiger partial charge in [0.2, 0.25) is 11.8 Å². The molecule has 1 fully saturated rings. The third kappa shape index (κ3) is 4.53. The zero-order chi connectivity index (χ0) is 26.1. The van der Waals surface area contributed by atoms with Gasteiger partial charge in [0.1, 0.15) is 11.6 Å². The van der Waals surface area contributed by atoms with E-state index in [2.05, 4.69) is 11.1 Å². The van der Waals surface area contributed by atoms with Crippen LogP contribution in [0.15, 0.2) is 87.4 Å². The number of rotatable bonds is 7. The van der Waals surface area contributed by atoms with Gasteiger partial charge in [0.15, 0.2) is 11.3 Å².